The van der Waals surface area contributed by atoms with E-state index in [4.69, 9.17) is 9.84 Å². The minimum absolute atomic E-state index is 0.172. The van der Waals surface area contributed by atoms with Crippen LogP contribution in [-0.2, 0) is 11.3 Å². The lowest BCUT2D eigenvalue weighted by molar-refractivity contribution is -0.123. The molecule has 8 nitrogen and oxygen atoms in total. The summed E-state index contributed by atoms with van der Waals surface area (Å²) >= 11 is 0. The molecule has 1 aliphatic heterocycles. The zero-order chi connectivity index (χ0) is 18.2. The Morgan fingerprint density at radius 1 is 1.48 bits per heavy atom. The first-order valence-corrected chi connectivity index (χ1v) is 7.65. The van der Waals surface area contributed by atoms with Crippen molar-refractivity contribution in [2.24, 2.45) is 0 Å². The van der Waals surface area contributed by atoms with Crippen LogP contribution >= 0.6 is 0 Å². The largest absolute Gasteiger partial charge is 0.487 e. The highest BCUT2D eigenvalue weighted by Gasteiger charge is 2.34. The molecule has 0 spiro atoms. The van der Waals surface area contributed by atoms with Crippen LogP contribution < -0.4 is 10.1 Å². The summed E-state index contributed by atoms with van der Waals surface area (Å²) in [5.74, 6) is -1.59. The molecule has 1 aliphatic rings. The molecule has 1 aromatic heterocycles. The van der Waals surface area contributed by atoms with E-state index in [-0.39, 0.29) is 24.2 Å². The van der Waals surface area contributed by atoms with Gasteiger partial charge in [0.05, 0.1) is 12.2 Å². The topological polar surface area (TPSA) is 106 Å². The monoisotopic (exact) mass is 348 g/mol. The number of benzene rings is 1. The number of carboxylic acid groups (broad SMARTS) is 1. The molecular weight excluding hydrogens is 331 g/mol. The lowest BCUT2D eigenvalue weighted by Crippen LogP contribution is -2.42. The van der Waals surface area contributed by atoms with Gasteiger partial charge in [-0.2, -0.15) is 0 Å². The Morgan fingerprint density at radius 2 is 2.24 bits per heavy atom. The third-order valence-electron chi connectivity index (χ3n) is 3.83. The highest BCUT2D eigenvalue weighted by molar-refractivity contribution is 5.84. The maximum atomic E-state index is 13.5. The number of carbonyl (C=O) groups is 2. The molecule has 1 unspecified atom stereocenters. The number of aromatic carboxylic acids is 1. The van der Waals surface area contributed by atoms with E-state index in [2.05, 4.69) is 15.6 Å². The van der Waals surface area contributed by atoms with Gasteiger partial charge in [0.2, 0.25) is 5.91 Å². The zero-order valence-corrected chi connectivity index (χ0v) is 13.7. The average molecular weight is 348 g/mol. The van der Waals surface area contributed by atoms with E-state index < -0.39 is 17.4 Å². The number of carbonyl (C=O) groups excluding carboxylic acids is 1. The number of halogens is 1. The van der Waals surface area contributed by atoms with Crippen molar-refractivity contribution in [3.63, 3.8) is 0 Å². The van der Waals surface area contributed by atoms with Crippen molar-refractivity contribution in [2.75, 3.05) is 0 Å². The molecule has 1 atom stereocenters. The number of nitrogens with zero attached hydrogens (tertiary/aromatic N) is 3. The van der Waals surface area contributed by atoms with Gasteiger partial charge in [-0.1, -0.05) is 11.3 Å². The Labute approximate surface area is 142 Å². The number of aromatic nitrogens is 3. The molecule has 2 heterocycles. The predicted molar refractivity (Wildman–Crippen MR) is 83.6 cm³/mol. The predicted octanol–water partition coefficient (Wildman–Crippen LogP) is 1.53. The number of ether oxygens (including phenoxy) is 1. The Bertz CT molecular complexity index is 833. The van der Waals surface area contributed by atoms with Crippen LogP contribution in [0, 0.1) is 5.82 Å². The standard InChI is InChI=1S/C16H17FN4O4/c1-16(2)6-11(10-4-3-9(17)5-13(10)25-16)18-14(22)8-21-7-12(15(23)24)19-20-21/h3-5,7,11H,6,8H2,1-2H3,(H,18,22)(H,23,24). The first-order valence-electron chi connectivity index (χ1n) is 7.65. The molecule has 132 valence electrons. The maximum absolute atomic E-state index is 13.5. The molecule has 0 bridgehead atoms. The smallest absolute Gasteiger partial charge is 0.358 e. The van der Waals surface area contributed by atoms with Gasteiger partial charge in [0, 0.05) is 18.1 Å². The molecule has 2 N–H and O–H groups in total. The first-order chi connectivity index (χ1) is 11.7. The summed E-state index contributed by atoms with van der Waals surface area (Å²) in [5, 5.41) is 18.7. The molecule has 1 aromatic carbocycles. The van der Waals surface area contributed by atoms with Crippen molar-refractivity contribution in [1.29, 1.82) is 0 Å². The van der Waals surface area contributed by atoms with Gasteiger partial charge >= 0.3 is 5.97 Å². The van der Waals surface area contributed by atoms with Gasteiger partial charge in [-0.05, 0) is 19.9 Å². The molecule has 0 aliphatic carbocycles. The SMILES string of the molecule is CC1(C)CC(NC(=O)Cn2cc(C(=O)O)nn2)c2ccc(F)cc2O1. The van der Waals surface area contributed by atoms with Crippen LogP contribution in [0.5, 0.6) is 5.75 Å². The minimum atomic E-state index is -1.21. The second-order valence-electron chi connectivity index (χ2n) is 6.47. The van der Waals surface area contributed by atoms with Gasteiger partial charge in [-0.3, -0.25) is 4.79 Å². The lowest BCUT2D eigenvalue weighted by Gasteiger charge is -2.37. The molecule has 2 aromatic rings. The first kappa shape index (κ1) is 16.9. The molecule has 0 fully saturated rings. The van der Waals surface area contributed by atoms with Gasteiger partial charge < -0.3 is 15.2 Å². The fraction of sp³-hybridized carbons (Fsp3) is 0.375. The van der Waals surface area contributed by atoms with Crippen molar-refractivity contribution < 1.29 is 23.8 Å². The highest BCUT2D eigenvalue weighted by atomic mass is 19.1. The molecule has 1 amide bonds. The lowest BCUT2D eigenvalue weighted by atomic mass is 9.89. The second-order valence-corrected chi connectivity index (χ2v) is 6.47. The summed E-state index contributed by atoms with van der Waals surface area (Å²) in [6.07, 6.45) is 1.69. The summed E-state index contributed by atoms with van der Waals surface area (Å²) in [4.78, 5) is 23.1. The van der Waals surface area contributed by atoms with Gasteiger partial charge in [-0.15, -0.1) is 5.10 Å². The van der Waals surface area contributed by atoms with Gasteiger partial charge in [0.15, 0.2) is 5.69 Å². The molecular formula is C16H17FN4O4. The van der Waals surface area contributed by atoms with Crippen LogP contribution in [0.1, 0.15) is 42.4 Å². The summed E-state index contributed by atoms with van der Waals surface area (Å²) in [7, 11) is 0. The van der Waals surface area contributed by atoms with E-state index in [0.717, 1.165) is 4.68 Å². The van der Waals surface area contributed by atoms with Crippen LogP contribution in [0.25, 0.3) is 0 Å². The number of hydrogen-bond donors (Lipinski definition) is 2. The highest BCUT2D eigenvalue weighted by Crippen LogP contribution is 2.39. The molecule has 0 radical (unpaired) electrons. The van der Waals surface area contributed by atoms with Crippen molar-refractivity contribution in [2.45, 2.75) is 38.5 Å². The van der Waals surface area contributed by atoms with E-state index in [1.54, 1.807) is 6.07 Å². The van der Waals surface area contributed by atoms with Crippen molar-refractivity contribution in [3.05, 3.63) is 41.5 Å². The van der Waals surface area contributed by atoms with Crippen LogP contribution in [-0.4, -0.2) is 37.6 Å². The Morgan fingerprint density at radius 3 is 2.92 bits per heavy atom. The average Bonchev–Trinajstić information content (AvgIpc) is 2.94. The van der Waals surface area contributed by atoms with Gasteiger partial charge in [0.1, 0.15) is 23.7 Å². The Kier molecular flexibility index (Phi) is 4.15. The Hall–Kier alpha value is -2.97. The number of hydrogen-bond acceptors (Lipinski definition) is 5. The number of nitrogens with one attached hydrogen (secondary N) is 1. The Balaban J connectivity index is 1.75. The minimum Gasteiger partial charge on any atom is -0.487 e. The molecule has 0 saturated carbocycles. The number of amides is 1. The molecule has 0 saturated heterocycles. The van der Waals surface area contributed by atoms with Crippen molar-refractivity contribution >= 4 is 11.9 Å². The van der Waals surface area contributed by atoms with Crippen molar-refractivity contribution in [3.8, 4) is 5.75 Å². The fourth-order valence-electron chi connectivity index (χ4n) is 2.81. The number of rotatable bonds is 4. The van der Waals surface area contributed by atoms with E-state index in [1.807, 2.05) is 13.8 Å². The van der Waals surface area contributed by atoms with Gasteiger partial charge in [-0.25, -0.2) is 13.9 Å². The number of fused-ring (bicyclic) bond motifs is 1. The molecule has 25 heavy (non-hydrogen) atoms. The van der Waals surface area contributed by atoms with Crippen LogP contribution in [0.4, 0.5) is 4.39 Å². The van der Waals surface area contributed by atoms with Crippen LogP contribution in [0.3, 0.4) is 0 Å². The molecule has 9 heteroatoms. The third-order valence-corrected chi connectivity index (χ3v) is 3.83. The quantitative estimate of drug-likeness (QED) is 0.868. The summed E-state index contributed by atoms with van der Waals surface area (Å²) in [6.45, 7) is 3.54. The maximum Gasteiger partial charge on any atom is 0.358 e. The van der Waals surface area contributed by atoms with Crippen molar-refractivity contribution in [1.82, 2.24) is 20.3 Å². The second kappa shape index (κ2) is 6.15. The fourth-order valence-corrected chi connectivity index (χ4v) is 2.81. The third kappa shape index (κ3) is 3.76. The summed E-state index contributed by atoms with van der Waals surface area (Å²) < 4.78 is 20.4. The van der Waals surface area contributed by atoms with E-state index in [9.17, 15) is 14.0 Å². The van der Waals surface area contributed by atoms with E-state index in [0.29, 0.717) is 17.7 Å². The summed E-state index contributed by atoms with van der Waals surface area (Å²) in [6, 6.07) is 3.85. The molecule has 3 rings (SSSR count). The normalized spacial score (nSPS) is 18.1. The zero-order valence-electron chi connectivity index (χ0n) is 13.7. The van der Waals surface area contributed by atoms with Crippen LogP contribution in [0.2, 0.25) is 0 Å². The van der Waals surface area contributed by atoms with Crippen LogP contribution in [0.15, 0.2) is 24.4 Å². The van der Waals surface area contributed by atoms with Gasteiger partial charge in [0.25, 0.3) is 0 Å². The van der Waals surface area contributed by atoms with E-state index >= 15 is 0 Å². The van der Waals surface area contributed by atoms with E-state index in [1.165, 1.54) is 18.3 Å². The summed E-state index contributed by atoms with van der Waals surface area (Å²) in [5.41, 5.74) is -0.109. The number of carboxylic acids is 1.